The molecule has 0 aliphatic carbocycles. The van der Waals surface area contributed by atoms with Crippen LogP contribution in [0.25, 0.3) is 11.4 Å². The number of aryl methyl sites for hydroxylation is 1. The Kier molecular flexibility index (Phi) is 14.6. The van der Waals surface area contributed by atoms with Crippen molar-refractivity contribution in [2.45, 2.75) is 90.4 Å². The third-order valence-corrected chi connectivity index (χ3v) is 5.71. The normalized spacial score (nSPS) is 10.9. The molecule has 0 spiro atoms. The van der Waals surface area contributed by atoms with Gasteiger partial charge in [-0.1, -0.05) is 69.4 Å². The van der Waals surface area contributed by atoms with E-state index in [0.29, 0.717) is 18.0 Å². The highest BCUT2D eigenvalue weighted by atomic mass is 16.5. The van der Waals surface area contributed by atoms with Gasteiger partial charge in [0.15, 0.2) is 11.6 Å². The van der Waals surface area contributed by atoms with Gasteiger partial charge in [0.25, 0.3) is 0 Å². The van der Waals surface area contributed by atoms with Gasteiger partial charge in [-0.2, -0.15) is 0 Å². The average Bonchev–Trinajstić information content (AvgIpc) is 2.86. The average molecular weight is 467 g/mol. The molecule has 0 bridgehead atoms. The molecule has 0 atom stereocenters. The van der Waals surface area contributed by atoms with E-state index < -0.39 is 0 Å². The Morgan fingerprint density at radius 3 is 2.26 bits per heavy atom. The van der Waals surface area contributed by atoms with Gasteiger partial charge in [0.2, 0.25) is 0 Å². The number of carbonyl (C=O) groups is 1. The molecular weight excluding hydrogens is 424 g/mol. The predicted molar refractivity (Wildman–Crippen MR) is 139 cm³/mol. The van der Waals surface area contributed by atoms with Crippen molar-refractivity contribution in [2.75, 3.05) is 13.2 Å². The van der Waals surface area contributed by atoms with E-state index in [0.717, 1.165) is 63.7 Å². The maximum Gasteiger partial charge on any atom is 0.311 e. The number of nitrogens with zero attached hydrogens (tertiary/aromatic N) is 2. The van der Waals surface area contributed by atoms with E-state index in [1.807, 2.05) is 6.08 Å². The maximum atomic E-state index is 12.1. The van der Waals surface area contributed by atoms with Crippen LogP contribution in [0.3, 0.4) is 0 Å². The van der Waals surface area contributed by atoms with Crippen molar-refractivity contribution < 1.29 is 14.3 Å². The minimum atomic E-state index is -0.218. The fourth-order valence-electron chi connectivity index (χ4n) is 3.74. The summed E-state index contributed by atoms with van der Waals surface area (Å²) < 4.78 is 10.9. The Morgan fingerprint density at radius 1 is 0.882 bits per heavy atom. The SMILES string of the molecule is C=CCCCCCCCCC(=O)Oc1cnc(-c2ccc(CCCCCOCCC)cc2)nc1. The van der Waals surface area contributed by atoms with Crippen molar-refractivity contribution in [3.8, 4) is 17.1 Å². The van der Waals surface area contributed by atoms with Crippen molar-refractivity contribution in [3.63, 3.8) is 0 Å². The lowest BCUT2D eigenvalue weighted by atomic mass is 10.0. The molecular formula is C29H42N2O3. The largest absolute Gasteiger partial charge is 0.423 e. The lowest BCUT2D eigenvalue weighted by molar-refractivity contribution is -0.134. The van der Waals surface area contributed by atoms with Crippen molar-refractivity contribution in [3.05, 3.63) is 54.9 Å². The third kappa shape index (κ3) is 12.1. The standard InChI is InChI=1S/C29H42N2O3/c1-3-5-6-7-8-9-10-13-16-28(32)34-27-23-30-29(31-24-27)26-19-17-25(18-20-26)15-12-11-14-22-33-21-4-2/h3,17-20,23-24H,1,4-16,21-22H2,2H3. The zero-order valence-corrected chi connectivity index (χ0v) is 21.0. The smallest absolute Gasteiger partial charge is 0.311 e. The fraction of sp³-hybridized carbons (Fsp3) is 0.552. The predicted octanol–water partition coefficient (Wildman–Crippen LogP) is 7.50. The second-order valence-electron chi connectivity index (χ2n) is 8.79. The van der Waals surface area contributed by atoms with Crippen LogP contribution in [0.2, 0.25) is 0 Å². The van der Waals surface area contributed by atoms with E-state index in [2.05, 4.69) is 47.7 Å². The number of aromatic nitrogens is 2. The van der Waals surface area contributed by atoms with Crippen LogP contribution in [-0.2, 0) is 16.0 Å². The van der Waals surface area contributed by atoms with Crippen LogP contribution in [0.4, 0.5) is 0 Å². The summed E-state index contributed by atoms with van der Waals surface area (Å²) in [6.07, 6.45) is 19.0. The van der Waals surface area contributed by atoms with Crippen molar-refractivity contribution in [1.82, 2.24) is 9.97 Å². The number of hydrogen-bond donors (Lipinski definition) is 0. The van der Waals surface area contributed by atoms with Gasteiger partial charge in [0.05, 0.1) is 12.4 Å². The van der Waals surface area contributed by atoms with Gasteiger partial charge in [-0.25, -0.2) is 9.97 Å². The molecule has 1 aromatic carbocycles. The van der Waals surface area contributed by atoms with Crippen LogP contribution < -0.4 is 4.74 Å². The molecule has 0 N–H and O–H groups in total. The Labute approximate surface area is 206 Å². The van der Waals surface area contributed by atoms with E-state index in [1.54, 1.807) is 12.4 Å². The van der Waals surface area contributed by atoms with E-state index in [1.165, 1.54) is 37.7 Å². The van der Waals surface area contributed by atoms with Gasteiger partial charge >= 0.3 is 5.97 Å². The molecule has 0 saturated heterocycles. The van der Waals surface area contributed by atoms with Crippen LogP contribution in [0.15, 0.2) is 49.3 Å². The summed E-state index contributed by atoms with van der Waals surface area (Å²) in [4.78, 5) is 20.8. The van der Waals surface area contributed by atoms with Crippen LogP contribution in [0.1, 0.15) is 89.5 Å². The summed E-state index contributed by atoms with van der Waals surface area (Å²) in [5.74, 6) is 0.817. The van der Waals surface area contributed by atoms with E-state index in [9.17, 15) is 4.79 Å². The molecule has 1 aromatic heterocycles. The Balaban J connectivity index is 1.64. The summed E-state index contributed by atoms with van der Waals surface area (Å²) in [5.41, 5.74) is 2.28. The second kappa shape index (κ2) is 17.9. The van der Waals surface area contributed by atoms with Gasteiger partial charge < -0.3 is 9.47 Å². The summed E-state index contributed by atoms with van der Waals surface area (Å²) in [7, 11) is 0. The number of allylic oxidation sites excluding steroid dienone is 1. The first-order valence-electron chi connectivity index (χ1n) is 13.0. The Morgan fingerprint density at radius 2 is 1.56 bits per heavy atom. The summed E-state index contributed by atoms with van der Waals surface area (Å²) in [6, 6.07) is 8.38. The molecule has 1 heterocycles. The molecule has 0 aliphatic heterocycles. The molecule has 0 fully saturated rings. The first-order chi connectivity index (χ1) is 16.7. The monoisotopic (exact) mass is 466 g/mol. The van der Waals surface area contributed by atoms with Gasteiger partial charge in [-0.15, -0.1) is 6.58 Å². The highest BCUT2D eigenvalue weighted by molar-refractivity contribution is 5.72. The fourth-order valence-corrected chi connectivity index (χ4v) is 3.74. The molecule has 0 unspecified atom stereocenters. The molecule has 0 saturated carbocycles. The van der Waals surface area contributed by atoms with Crippen LogP contribution in [0.5, 0.6) is 5.75 Å². The van der Waals surface area contributed by atoms with E-state index in [-0.39, 0.29) is 5.97 Å². The van der Waals surface area contributed by atoms with E-state index in [4.69, 9.17) is 9.47 Å². The number of unbranched alkanes of at least 4 members (excludes halogenated alkanes) is 8. The van der Waals surface area contributed by atoms with Gasteiger partial charge in [-0.05, 0) is 50.5 Å². The molecule has 2 rings (SSSR count). The van der Waals surface area contributed by atoms with E-state index >= 15 is 0 Å². The quantitative estimate of drug-likeness (QED) is 0.122. The summed E-state index contributed by atoms with van der Waals surface area (Å²) in [6.45, 7) is 7.61. The van der Waals surface area contributed by atoms with Gasteiger partial charge in [-0.3, -0.25) is 4.79 Å². The minimum absolute atomic E-state index is 0.218. The molecule has 5 heteroatoms. The molecule has 34 heavy (non-hydrogen) atoms. The first kappa shape index (κ1) is 27.7. The zero-order chi connectivity index (χ0) is 24.3. The lowest BCUT2D eigenvalue weighted by Crippen LogP contribution is -2.08. The van der Waals surface area contributed by atoms with Gasteiger partial charge in [0.1, 0.15) is 0 Å². The lowest BCUT2D eigenvalue weighted by Gasteiger charge is -2.06. The molecule has 186 valence electrons. The number of ether oxygens (including phenoxy) is 2. The second-order valence-corrected chi connectivity index (χ2v) is 8.79. The van der Waals surface area contributed by atoms with Crippen molar-refractivity contribution in [2.24, 2.45) is 0 Å². The van der Waals surface area contributed by atoms with Crippen LogP contribution >= 0.6 is 0 Å². The van der Waals surface area contributed by atoms with Crippen molar-refractivity contribution in [1.29, 1.82) is 0 Å². The highest BCUT2D eigenvalue weighted by Crippen LogP contribution is 2.19. The van der Waals surface area contributed by atoms with Crippen LogP contribution in [-0.4, -0.2) is 29.2 Å². The number of benzene rings is 1. The first-order valence-corrected chi connectivity index (χ1v) is 13.0. The maximum absolute atomic E-state index is 12.1. The number of esters is 1. The summed E-state index contributed by atoms with van der Waals surface area (Å²) >= 11 is 0. The zero-order valence-electron chi connectivity index (χ0n) is 21.0. The molecule has 0 aliphatic rings. The van der Waals surface area contributed by atoms with Crippen molar-refractivity contribution >= 4 is 5.97 Å². The highest BCUT2D eigenvalue weighted by Gasteiger charge is 2.07. The number of rotatable bonds is 19. The number of hydrogen-bond acceptors (Lipinski definition) is 5. The topological polar surface area (TPSA) is 61.3 Å². The third-order valence-electron chi connectivity index (χ3n) is 5.71. The molecule has 0 radical (unpaired) electrons. The minimum Gasteiger partial charge on any atom is -0.423 e. The van der Waals surface area contributed by atoms with Gasteiger partial charge in [0, 0.05) is 25.2 Å². The summed E-state index contributed by atoms with van der Waals surface area (Å²) in [5, 5.41) is 0. The Bertz CT molecular complexity index is 803. The Hall–Kier alpha value is -2.53. The number of carbonyl (C=O) groups excluding carboxylic acids is 1. The molecule has 0 amide bonds. The molecule has 5 nitrogen and oxygen atoms in total. The molecule has 2 aromatic rings. The van der Waals surface area contributed by atoms with Crippen LogP contribution in [0, 0.1) is 0 Å².